The van der Waals surface area contributed by atoms with Crippen molar-refractivity contribution >= 4 is 44.6 Å². The van der Waals surface area contributed by atoms with Crippen LogP contribution < -0.4 is 5.32 Å². The van der Waals surface area contributed by atoms with Crippen LogP contribution in [0.5, 0.6) is 0 Å². The number of amides is 1. The molecule has 2 aromatic rings. The normalized spacial score (nSPS) is 10.3. The van der Waals surface area contributed by atoms with Gasteiger partial charge in [-0.05, 0) is 46.8 Å². The average Bonchev–Trinajstić information content (AvgIpc) is 2.70. The smallest absolute Gasteiger partial charge is 0.266 e. The molecule has 4 nitrogen and oxygen atoms in total. The van der Waals surface area contributed by atoms with Gasteiger partial charge in [-0.3, -0.25) is 14.6 Å². The maximum Gasteiger partial charge on any atom is 0.266 e. The Kier molecular flexibility index (Phi) is 4.11. The maximum atomic E-state index is 12.2. The minimum absolute atomic E-state index is 0.134. The van der Waals surface area contributed by atoms with Gasteiger partial charge in [-0.2, -0.15) is 0 Å². The zero-order valence-corrected chi connectivity index (χ0v) is 12.8. The Morgan fingerprint density at radius 1 is 1.42 bits per heavy atom. The molecule has 2 aromatic heterocycles. The van der Waals surface area contributed by atoms with Gasteiger partial charge in [0.25, 0.3) is 5.91 Å². The highest BCUT2D eigenvalue weighted by molar-refractivity contribution is 9.10. The van der Waals surface area contributed by atoms with Gasteiger partial charge in [0.15, 0.2) is 5.78 Å². The van der Waals surface area contributed by atoms with Gasteiger partial charge in [-0.15, -0.1) is 11.3 Å². The highest BCUT2D eigenvalue weighted by Crippen LogP contribution is 2.28. The van der Waals surface area contributed by atoms with Gasteiger partial charge in [0, 0.05) is 16.9 Å². The Morgan fingerprint density at radius 3 is 2.74 bits per heavy atom. The molecular weight excluding hydrogens is 328 g/mol. The molecule has 6 heteroatoms. The van der Waals surface area contributed by atoms with E-state index in [0.717, 1.165) is 10.0 Å². The van der Waals surface area contributed by atoms with Crippen molar-refractivity contribution in [3.05, 3.63) is 44.3 Å². The van der Waals surface area contributed by atoms with Gasteiger partial charge in [0.05, 0.1) is 11.3 Å². The second kappa shape index (κ2) is 5.63. The number of aromatic nitrogens is 1. The number of carbonyl (C=O) groups excluding carboxylic acids is 2. The van der Waals surface area contributed by atoms with Crippen LogP contribution in [0.4, 0.5) is 5.69 Å². The summed E-state index contributed by atoms with van der Waals surface area (Å²) < 4.78 is 0.786. The van der Waals surface area contributed by atoms with Crippen molar-refractivity contribution in [1.82, 2.24) is 4.98 Å². The van der Waals surface area contributed by atoms with E-state index in [9.17, 15) is 9.59 Å². The lowest BCUT2D eigenvalue weighted by Crippen LogP contribution is -2.13. The first-order chi connectivity index (χ1) is 9.00. The molecular formula is C13H11BrN2O2S. The number of ketones is 1. The molecule has 0 aliphatic rings. The first-order valence-corrected chi connectivity index (χ1v) is 7.18. The Balaban J connectivity index is 2.29. The molecule has 2 heterocycles. The number of pyridine rings is 1. The van der Waals surface area contributed by atoms with Crippen LogP contribution in [0, 0.1) is 6.92 Å². The third-order valence-corrected chi connectivity index (χ3v) is 4.93. The van der Waals surface area contributed by atoms with E-state index in [1.165, 1.54) is 30.7 Å². The summed E-state index contributed by atoms with van der Waals surface area (Å²) in [5.41, 5.74) is 1.89. The molecule has 0 fully saturated rings. The summed E-state index contributed by atoms with van der Waals surface area (Å²) in [7, 11) is 0. The summed E-state index contributed by atoms with van der Waals surface area (Å²) in [5, 5.41) is 4.64. The van der Waals surface area contributed by atoms with Crippen molar-refractivity contribution in [3.8, 4) is 0 Å². The van der Waals surface area contributed by atoms with Crippen molar-refractivity contribution < 1.29 is 9.59 Å². The van der Waals surface area contributed by atoms with Crippen LogP contribution in [0.1, 0.15) is 32.5 Å². The molecule has 0 saturated heterocycles. The molecule has 0 bridgehead atoms. The number of nitrogens with zero attached hydrogens (tertiary/aromatic N) is 1. The lowest BCUT2D eigenvalue weighted by Gasteiger charge is -2.07. The van der Waals surface area contributed by atoms with E-state index in [4.69, 9.17) is 0 Å². The van der Waals surface area contributed by atoms with Crippen LogP contribution in [-0.2, 0) is 0 Å². The number of anilines is 1. The zero-order chi connectivity index (χ0) is 14.0. The number of hydrogen-bond acceptors (Lipinski definition) is 4. The minimum Gasteiger partial charge on any atom is -0.320 e. The number of rotatable bonds is 3. The Morgan fingerprint density at radius 2 is 2.16 bits per heavy atom. The summed E-state index contributed by atoms with van der Waals surface area (Å²) in [6, 6.07) is 1.61. The van der Waals surface area contributed by atoms with Crippen molar-refractivity contribution in [3.63, 3.8) is 0 Å². The number of hydrogen-bond donors (Lipinski definition) is 1. The second-order valence-corrected chi connectivity index (χ2v) is 5.67. The standard InChI is InChI=1S/C13H11BrN2O2S/c1-7-6-19-12(11(7)14)13(18)16-10-3-4-15-5-9(10)8(2)17/h3-6H,1-2H3,(H,15,16,18). The minimum atomic E-state index is -0.237. The number of nitrogens with one attached hydrogen (secondary N) is 1. The summed E-state index contributed by atoms with van der Waals surface area (Å²) in [6.45, 7) is 3.36. The van der Waals surface area contributed by atoms with Gasteiger partial charge in [-0.1, -0.05) is 0 Å². The van der Waals surface area contributed by atoms with E-state index in [1.54, 1.807) is 6.07 Å². The van der Waals surface area contributed by atoms with E-state index in [1.807, 2.05) is 12.3 Å². The molecule has 0 aliphatic heterocycles. The molecule has 1 N–H and O–H groups in total. The van der Waals surface area contributed by atoms with Crippen molar-refractivity contribution in [2.24, 2.45) is 0 Å². The molecule has 0 aromatic carbocycles. The van der Waals surface area contributed by atoms with E-state index >= 15 is 0 Å². The Bertz CT molecular complexity index is 652. The first-order valence-electron chi connectivity index (χ1n) is 5.50. The van der Waals surface area contributed by atoms with Crippen LogP contribution in [0.25, 0.3) is 0 Å². The van der Waals surface area contributed by atoms with Crippen LogP contribution in [-0.4, -0.2) is 16.7 Å². The van der Waals surface area contributed by atoms with Crippen LogP contribution in [0.2, 0.25) is 0 Å². The molecule has 2 rings (SSSR count). The molecule has 0 saturated carbocycles. The molecule has 98 valence electrons. The third-order valence-electron chi connectivity index (χ3n) is 2.55. The summed E-state index contributed by atoms with van der Waals surface area (Å²) >= 11 is 4.74. The van der Waals surface area contributed by atoms with E-state index in [-0.39, 0.29) is 11.7 Å². The van der Waals surface area contributed by atoms with Crippen LogP contribution in [0.3, 0.4) is 0 Å². The fourth-order valence-corrected chi connectivity index (χ4v) is 3.11. The number of aryl methyl sites for hydroxylation is 1. The predicted molar refractivity (Wildman–Crippen MR) is 79.0 cm³/mol. The molecule has 0 aliphatic carbocycles. The maximum absolute atomic E-state index is 12.2. The predicted octanol–water partition coefficient (Wildman–Crippen LogP) is 3.67. The molecule has 0 spiro atoms. The molecule has 0 atom stereocenters. The molecule has 0 radical (unpaired) electrons. The van der Waals surface area contributed by atoms with Crippen molar-refractivity contribution in [1.29, 1.82) is 0 Å². The van der Waals surface area contributed by atoms with Gasteiger partial charge in [0.2, 0.25) is 0 Å². The van der Waals surface area contributed by atoms with Gasteiger partial charge in [-0.25, -0.2) is 0 Å². The summed E-state index contributed by atoms with van der Waals surface area (Å²) in [4.78, 5) is 28.1. The summed E-state index contributed by atoms with van der Waals surface area (Å²) in [6.07, 6.45) is 2.99. The third kappa shape index (κ3) is 2.90. The lowest BCUT2D eigenvalue weighted by molar-refractivity contribution is 0.101. The molecule has 19 heavy (non-hydrogen) atoms. The summed E-state index contributed by atoms with van der Waals surface area (Å²) in [5.74, 6) is -0.372. The highest BCUT2D eigenvalue weighted by Gasteiger charge is 2.16. The monoisotopic (exact) mass is 338 g/mol. The topological polar surface area (TPSA) is 59.1 Å². The van der Waals surface area contributed by atoms with Gasteiger partial charge in [0.1, 0.15) is 4.88 Å². The quantitative estimate of drug-likeness (QED) is 0.868. The lowest BCUT2D eigenvalue weighted by atomic mass is 10.1. The average molecular weight is 339 g/mol. The van der Waals surface area contributed by atoms with E-state index in [2.05, 4.69) is 26.2 Å². The first kappa shape index (κ1) is 13.9. The number of thiophene rings is 1. The fourth-order valence-electron chi connectivity index (χ4n) is 1.55. The van der Waals surface area contributed by atoms with Crippen molar-refractivity contribution in [2.45, 2.75) is 13.8 Å². The zero-order valence-electron chi connectivity index (χ0n) is 10.4. The largest absolute Gasteiger partial charge is 0.320 e. The number of Topliss-reactive ketones (excluding diaryl/α,β-unsaturated/α-hetero) is 1. The molecule has 0 unspecified atom stereocenters. The van der Waals surface area contributed by atoms with E-state index in [0.29, 0.717) is 16.1 Å². The highest BCUT2D eigenvalue weighted by atomic mass is 79.9. The van der Waals surface area contributed by atoms with Gasteiger partial charge >= 0.3 is 0 Å². The number of halogens is 1. The van der Waals surface area contributed by atoms with Gasteiger partial charge < -0.3 is 5.32 Å². The van der Waals surface area contributed by atoms with Crippen LogP contribution in [0.15, 0.2) is 28.3 Å². The Labute approximate surface area is 123 Å². The second-order valence-electron chi connectivity index (χ2n) is 3.99. The van der Waals surface area contributed by atoms with Crippen molar-refractivity contribution in [2.75, 3.05) is 5.32 Å². The van der Waals surface area contributed by atoms with E-state index < -0.39 is 0 Å². The Hall–Kier alpha value is -1.53. The number of carbonyl (C=O) groups is 2. The molecule has 1 amide bonds. The fraction of sp³-hybridized carbons (Fsp3) is 0.154. The SMILES string of the molecule is CC(=O)c1cnccc1NC(=O)c1scc(C)c1Br. The van der Waals surface area contributed by atoms with Crippen LogP contribution >= 0.6 is 27.3 Å².